The molecule has 0 aliphatic heterocycles. The minimum atomic E-state index is -0.367. The number of thiol groups is 2. The normalized spacial score (nSPS) is 10.2. The summed E-state index contributed by atoms with van der Waals surface area (Å²) in [5.74, 6) is 0.772. The minimum absolute atomic E-state index is 0.0576. The van der Waals surface area contributed by atoms with Crippen molar-refractivity contribution in [3.8, 4) is 22.6 Å². The predicted octanol–water partition coefficient (Wildman–Crippen LogP) is 3.06. The maximum atomic E-state index is 11.0. The second kappa shape index (κ2) is 12.2. The molecule has 8 heteroatoms. The molecule has 2 rings (SSSR count). The minimum Gasteiger partial charge on any atom is -0.490 e. The van der Waals surface area contributed by atoms with Crippen LogP contribution >= 0.6 is 25.3 Å². The molecule has 28 heavy (non-hydrogen) atoms. The van der Waals surface area contributed by atoms with Crippen molar-refractivity contribution in [1.29, 1.82) is 0 Å². The second-order valence-corrected chi connectivity index (χ2v) is 6.14. The van der Waals surface area contributed by atoms with E-state index in [1.807, 2.05) is 48.5 Å². The summed E-state index contributed by atoms with van der Waals surface area (Å²) in [6.07, 6.45) is 0. The number of rotatable bonds is 11. The van der Waals surface area contributed by atoms with E-state index in [-0.39, 0.29) is 49.9 Å². The Morgan fingerprint density at radius 2 is 0.964 bits per heavy atom. The highest BCUT2D eigenvalue weighted by molar-refractivity contribution is 7.81. The van der Waals surface area contributed by atoms with Crippen LogP contribution in [0.3, 0.4) is 0 Å². The third-order valence-electron chi connectivity index (χ3n) is 3.53. The van der Waals surface area contributed by atoms with Crippen LogP contribution in [-0.2, 0) is 19.1 Å². The summed E-state index contributed by atoms with van der Waals surface area (Å²) < 4.78 is 20.8. The highest BCUT2D eigenvalue weighted by Gasteiger charge is 2.03. The standard InChI is InChI=1S/C20H22O6S2/c21-19(13-27)25-11-9-23-17-5-1-15(2-6-17)16-3-7-18(8-4-16)24-10-12-26-20(22)14-28/h1-8,27-28H,9-14H2. The Hall–Kier alpha value is -2.32. The lowest BCUT2D eigenvalue weighted by atomic mass is 10.1. The van der Waals surface area contributed by atoms with Crippen molar-refractivity contribution in [2.75, 3.05) is 37.9 Å². The van der Waals surface area contributed by atoms with Crippen molar-refractivity contribution in [1.82, 2.24) is 0 Å². The quantitative estimate of drug-likeness (QED) is 0.330. The van der Waals surface area contributed by atoms with Crippen LogP contribution in [0.15, 0.2) is 48.5 Å². The maximum Gasteiger partial charge on any atom is 0.315 e. The Kier molecular flexibility index (Phi) is 9.57. The lowest BCUT2D eigenvalue weighted by molar-refractivity contribution is -0.142. The summed E-state index contributed by atoms with van der Waals surface area (Å²) in [5, 5.41) is 0. The highest BCUT2D eigenvalue weighted by atomic mass is 32.1. The topological polar surface area (TPSA) is 71.1 Å². The summed E-state index contributed by atoms with van der Waals surface area (Å²) in [5.41, 5.74) is 2.06. The van der Waals surface area contributed by atoms with Gasteiger partial charge < -0.3 is 18.9 Å². The van der Waals surface area contributed by atoms with Gasteiger partial charge in [0.1, 0.15) is 37.9 Å². The van der Waals surface area contributed by atoms with Crippen LogP contribution in [0.2, 0.25) is 0 Å². The van der Waals surface area contributed by atoms with Crippen molar-refractivity contribution >= 4 is 37.2 Å². The maximum absolute atomic E-state index is 11.0. The van der Waals surface area contributed by atoms with E-state index in [4.69, 9.17) is 18.9 Å². The van der Waals surface area contributed by atoms with Crippen LogP contribution in [-0.4, -0.2) is 49.9 Å². The summed E-state index contributed by atoms with van der Waals surface area (Å²) in [6, 6.07) is 15.2. The van der Waals surface area contributed by atoms with E-state index in [1.54, 1.807) is 0 Å². The predicted molar refractivity (Wildman–Crippen MR) is 112 cm³/mol. The van der Waals surface area contributed by atoms with Crippen LogP contribution in [0.4, 0.5) is 0 Å². The van der Waals surface area contributed by atoms with Crippen molar-refractivity contribution in [3.63, 3.8) is 0 Å². The zero-order valence-corrected chi connectivity index (χ0v) is 17.0. The van der Waals surface area contributed by atoms with E-state index in [1.165, 1.54) is 0 Å². The number of carbonyl (C=O) groups excluding carboxylic acids is 2. The van der Waals surface area contributed by atoms with Gasteiger partial charge in [-0.2, -0.15) is 25.3 Å². The molecule has 6 nitrogen and oxygen atoms in total. The van der Waals surface area contributed by atoms with Gasteiger partial charge in [0.05, 0.1) is 11.5 Å². The fraction of sp³-hybridized carbons (Fsp3) is 0.300. The van der Waals surface area contributed by atoms with Crippen LogP contribution in [0.5, 0.6) is 11.5 Å². The molecule has 0 radical (unpaired) electrons. The number of carbonyl (C=O) groups is 2. The number of ether oxygens (including phenoxy) is 4. The van der Waals surface area contributed by atoms with Crippen LogP contribution < -0.4 is 9.47 Å². The molecule has 0 unspecified atom stereocenters. The summed E-state index contributed by atoms with van der Waals surface area (Å²) >= 11 is 7.66. The Labute approximate surface area is 174 Å². The molecule has 0 saturated heterocycles. The van der Waals surface area contributed by atoms with Crippen molar-refractivity contribution in [2.45, 2.75) is 0 Å². The largest absolute Gasteiger partial charge is 0.490 e. The van der Waals surface area contributed by atoms with Crippen molar-refractivity contribution in [3.05, 3.63) is 48.5 Å². The molecule has 0 bridgehead atoms. The Morgan fingerprint density at radius 1 is 0.607 bits per heavy atom. The van der Waals surface area contributed by atoms with Gasteiger partial charge in [-0.1, -0.05) is 24.3 Å². The third kappa shape index (κ3) is 7.74. The van der Waals surface area contributed by atoms with E-state index in [2.05, 4.69) is 25.3 Å². The van der Waals surface area contributed by atoms with Gasteiger partial charge in [0.15, 0.2) is 0 Å². The van der Waals surface area contributed by atoms with Crippen molar-refractivity contribution in [2.24, 2.45) is 0 Å². The van der Waals surface area contributed by atoms with E-state index in [9.17, 15) is 9.59 Å². The molecule has 0 atom stereocenters. The average molecular weight is 423 g/mol. The molecular formula is C20H22O6S2. The first-order valence-corrected chi connectivity index (χ1v) is 9.88. The second-order valence-electron chi connectivity index (χ2n) is 5.50. The SMILES string of the molecule is O=C(CS)OCCOc1ccc(-c2ccc(OCCOC(=O)CS)cc2)cc1. The molecule has 0 fully saturated rings. The smallest absolute Gasteiger partial charge is 0.315 e. The number of esters is 2. The van der Waals surface area contributed by atoms with Gasteiger partial charge in [0.2, 0.25) is 0 Å². The molecule has 0 aromatic heterocycles. The van der Waals surface area contributed by atoms with Crippen LogP contribution in [0.25, 0.3) is 11.1 Å². The molecule has 0 amide bonds. The van der Waals surface area contributed by atoms with Gasteiger partial charge in [-0.3, -0.25) is 9.59 Å². The third-order valence-corrected chi connectivity index (χ3v) is 4.05. The summed E-state index contributed by atoms with van der Waals surface area (Å²) in [7, 11) is 0. The van der Waals surface area contributed by atoms with Gasteiger partial charge in [-0.15, -0.1) is 0 Å². The molecule has 150 valence electrons. The molecule has 2 aromatic rings. The average Bonchev–Trinajstić information content (AvgIpc) is 2.74. The molecule has 0 aliphatic carbocycles. The zero-order chi connectivity index (χ0) is 20.2. The monoisotopic (exact) mass is 422 g/mol. The Morgan fingerprint density at radius 3 is 1.29 bits per heavy atom. The van der Waals surface area contributed by atoms with Gasteiger partial charge in [0.25, 0.3) is 0 Å². The van der Waals surface area contributed by atoms with E-state index < -0.39 is 0 Å². The number of hydrogen-bond acceptors (Lipinski definition) is 8. The fourth-order valence-electron chi connectivity index (χ4n) is 2.21. The number of benzene rings is 2. The first-order chi connectivity index (χ1) is 13.6. The summed E-state index contributed by atoms with van der Waals surface area (Å²) in [6.45, 7) is 0.954. The van der Waals surface area contributed by atoms with Crippen LogP contribution in [0, 0.1) is 0 Å². The van der Waals surface area contributed by atoms with E-state index in [0.717, 1.165) is 11.1 Å². The molecule has 0 N–H and O–H groups in total. The van der Waals surface area contributed by atoms with Crippen LogP contribution in [0.1, 0.15) is 0 Å². The molecular weight excluding hydrogens is 400 g/mol. The van der Waals surface area contributed by atoms with Gasteiger partial charge in [-0.05, 0) is 35.4 Å². The van der Waals surface area contributed by atoms with Gasteiger partial charge in [0, 0.05) is 0 Å². The Balaban J connectivity index is 1.78. The van der Waals surface area contributed by atoms with Gasteiger partial charge >= 0.3 is 11.9 Å². The lowest BCUT2D eigenvalue weighted by Crippen LogP contribution is -2.12. The van der Waals surface area contributed by atoms with E-state index in [0.29, 0.717) is 11.5 Å². The molecule has 0 aliphatic rings. The molecule has 0 spiro atoms. The zero-order valence-electron chi connectivity index (χ0n) is 15.2. The van der Waals surface area contributed by atoms with Gasteiger partial charge in [-0.25, -0.2) is 0 Å². The fourth-order valence-corrected chi connectivity index (χ4v) is 2.39. The lowest BCUT2D eigenvalue weighted by Gasteiger charge is -2.09. The molecule has 0 heterocycles. The van der Waals surface area contributed by atoms with E-state index >= 15 is 0 Å². The Bertz CT molecular complexity index is 681. The highest BCUT2D eigenvalue weighted by Crippen LogP contribution is 2.24. The summed E-state index contributed by atoms with van der Waals surface area (Å²) in [4.78, 5) is 22.0. The number of hydrogen-bond donors (Lipinski definition) is 2. The first kappa shape index (κ1) is 22.0. The molecule has 0 saturated carbocycles. The first-order valence-electron chi connectivity index (χ1n) is 8.61. The molecule has 2 aromatic carbocycles. The van der Waals surface area contributed by atoms with Crippen molar-refractivity contribution < 1.29 is 28.5 Å².